The van der Waals surface area contributed by atoms with Crippen molar-refractivity contribution in [3.05, 3.63) is 146 Å². The highest BCUT2D eigenvalue weighted by atomic mass is 16.7. The molecule has 0 radical (unpaired) electrons. The molecule has 0 spiro atoms. The molecular weight excluding hydrogens is 1300 g/mol. The summed E-state index contributed by atoms with van der Waals surface area (Å²) in [5, 5.41) is 9.79. The summed E-state index contributed by atoms with van der Waals surface area (Å²) in [6.07, 6.45) is 122. The average molecular weight is 1460 g/mol. The number of esters is 2. The largest absolute Gasteiger partial charge is 0.477 e. The van der Waals surface area contributed by atoms with Crippen molar-refractivity contribution in [2.45, 2.75) is 399 Å². The minimum Gasteiger partial charge on any atom is -0.477 e. The van der Waals surface area contributed by atoms with Crippen molar-refractivity contribution in [1.82, 2.24) is 0 Å². The number of carbonyl (C=O) groups excluding carboxylic acids is 2. The Morgan fingerprint density at radius 3 is 0.810 bits per heavy atom. The van der Waals surface area contributed by atoms with E-state index in [9.17, 15) is 19.5 Å². The predicted octanol–water partition coefficient (Wildman–Crippen LogP) is 28.9. The van der Waals surface area contributed by atoms with Gasteiger partial charge in [0.05, 0.1) is 34.4 Å². The van der Waals surface area contributed by atoms with Gasteiger partial charge in [-0.25, -0.2) is 4.79 Å². The summed E-state index contributed by atoms with van der Waals surface area (Å²) in [6.45, 7) is 4.78. The van der Waals surface area contributed by atoms with Crippen LogP contribution in [0.5, 0.6) is 0 Å². The molecule has 0 aliphatic rings. The predicted molar refractivity (Wildman–Crippen MR) is 456 cm³/mol. The lowest BCUT2D eigenvalue weighted by Crippen LogP contribution is -2.40. The standard InChI is InChI=1S/C96H165NO8/c1-6-8-10-12-14-16-18-20-22-24-26-28-30-32-34-36-38-40-42-44-46-47-49-50-52-54-56-58-60-62-64-66-68-70-72-74-76-78-80-82-84-86-93(98)103-90-92(91-104-96(95(100)101)102-89-88-97(3,4)5)105-94(99)87-85-83-81-79-77-75-73-71-69-67-65-63-61-59-57-55-53-51-48-45-43-41-39-37-35-33-31-29-27-25-23-21-19-17-15-13-11-9-7-2/h9,11,15,17-18,20-21,23-24,26-27,29-30,32-33,35,39,41,45,48,53,55,59,61,92,96H,6-8,10,12-14,16,19,22,25,28,31,34,36-38,40,42-44,46-47,49-52,54,56-58,60,62-91H2,1-5H3/p+1/b11-9-,17-15-,20-18-,23-21-,26-24-,29-27-,32-30-,35-33-,41-39-,48-45-,55-53-,61-59-. The van der Waals surface area contributed by atoms with Crippen LogP contribution in [0.3, 0.4) is 0 Å². The molecule has 9 nitrogen and oxygen atoms in total. The number of quaternary nitrogens is 1. The van der Waals surface area contributed by atoms with Crippen LogP contribution in [-0.2, 0) is 33.3 Å². The molecule has 0 aromatic heterocycles. The van der Waals surface area contributed by atoms with Gasteiger partial charge in [-0.15, -0.1) is 0 Å². The van der Waals surface area contributed by atoms with Crippen molar-refractivity contribution in [1.29, 1.82) is 0 Å². The van der Waals surface area contributed by atoms with Gasteiger partial charge in [0, 0.05) is 12.8 Å². The maximum atomic E-state index is 13.0. The lowest BCUT2D eigenvalue weighted by molar-refractivity contribution is -0.870. The van der Waals surface area contributed by atoms with Gasteiger partial charge in [-0.2, -0.15) is 0 Å². The highest BCUT2D eigenvalue weighted by Crippen LogP contribution is 2.19. The molecule has 9 heteroatoms. The third-order valence-electron chi connectivity index (χ3n) is 19.1. The van der Waals surface area contributed by atoms with E-state index < -0.39 is 24.3 Å². The first-order valence-corrected chi connectivity index (χ1v) is 44.0. The summed E-state index contributed by atoms with van der Waals surface area (Å²) in [4.78, 5) is 37.8. The summed E-state index contributed by atoms with van der Waals surface area (Å²) < 4.78 is 23.1. The molecule has 1 N–H and O–H groups in total. The molecule has 0 aliphatic carbocycles. The Kier molecular flexibility index (Phi) is 80.9. The fourth-order valence-electron chi connectivity index (χ4n) is 12.4. The minimum atomic E-state index is -1.52. The highest BCUT2D eigenvalue weighted by molar-refractivity contribution is 5.71. The van der Waals surface area contributed by atoms with E-state index in [4.69, 9.17) is 18.9 Å². The zero-order chi connectivity index (χ0) is 76.0. The topological polar surface area (TPSA) is 108 Å². The van der Waals surface area contributed by atoms with E-state index in [1.165, 1.54) is 238 Å². The molecular formula is C96H166NO8+. The van der Waals surface area contributed by atoms with Gasteiger partial charge < -0.3 is 28.5 Å². The Morgan fingerprint density at radius 2 is 0.543 bits per heavy atom. The highest BCUT2D eigenvalue weighted by Gasteiger charge is 2.25. The Labute approximate surface area is 649 Å². The van der Waals surface area contributed by atoms with Crippen LogP contribution in [0, 0.1) is 0 Å². The smallest absolute Gasteiger partial charge is 0.361 e. The average Bonchev–Trinajstić information content (AvgIpc) is 1.97. The van der Waals surface area contributed by atoms with E-state index in [1.54, 1.807) is 0 Å². The molecule has 2 atom stereocenters. The number of nitrogens with zero attached hydrogens (tertiary/aromatic N) is 1. The molecule has 0 bridgehead atoms. The molecule has 0 saturated carbocycles. The van der Waals surface area contributed by atoms with E-state index >= 15 is 0 Å². The van der Waals surface area contributed by atoms with Crippen LogP contribution >= 0.6 is 0 Å². The maximum Gasteiger partial charge on any atom is 0.361 e. The second-order valence-corrected chi connectivity index (χ2v) is 30.5. The Balaban J connectivity index is 4.00. The number of unbranched alkanes of at least 4 members (excludes halogenated alkanes) is 42. The van der Waals surface area contributed by atoms with Crippen LogP contribution in [0.4, 0.5) is 0 Å². The Hall–Kier alpha value is -4.83. The zero-order valence-electron chi connectivity index (χ0n) is 69.1. The third kappa shape index (κ3) is 86.3. The second-order valence-electron chi connectivity index (χ2n) is 30.5. The fraction of sp³-hybridized carbons (Fsp3) is 0.719. The van der Waals surface area contributed by atoms with Crippen molar-refractivity contribution >= 4 is 17.9 Å². The summed E-state index contributed by atoms with van der Waals surface area (Å²) in [5.74, 6) is -2.00. The van der Waals surface area contributed by atoms with Gasteiger partial charge >= 0.3 is 17.9 Å². The van der Waals surface area contributed by atoms with Crippen molar-refractivity contribution in [3.63, 3.8) is 0 Å². The number of rotatable bonds is 81. The van der Waals surface area contributed by atoms with E-state index in [2.05, 4.69) is 160 Å². The zero-order valence-corrected chi connectivity index (χ0v) is 69.1. The number of allylic oxidation sites excluding steroid dienone is 24. The van der Waals surface area contributed by atoms with Gasteiger partial charge in [-0.3, -0.25) is 9.59 Å². The van der Waals surface area contributed by atoms with E-state index in [0.29, 0.717) is 23.9 Å². The quantitative estimate of drug-likeness (QED) is 0.0211. The molecule has 0 heterocycles. The van der Waals surface area contributed by atoms with Crippen LogP contribution in [0.2, 0.25) is 0 Å². The first-order chi connectivity index (χ1) is 51.6. The van der Waals surface area contributed by atoms with E-state index in [1.807, 2.05) is 21.1 Å². The SMILES string of the molecule is CC/C=C\C/C=C\C/C=C\C/C=C\C/C=C\C/C=C\C/C=C\C/C=C\C/C=C\CCCCCCCCCCCCCC(=O)OC(COC(=O)CCCCCCCCCCCCCCCCCCCCCCCCCCCC/C=C\C/C=C\C/C=C\CCCCCCC)COC(OCC[N+](C)(C)C)C(=O)O. The van der Waals surface area contributed by atoms with Crippen LogP contribution in [-0.4, -0.2) is 87.4 Å². The van der Waals surface area contributed by atoms with Gasteiger partial charge in [0.2, 0.25) is 0 Å². The van der Waals surface area contributed by atoms with Crippen LogP contribution < -0.4 is 0 Å². The summed E-state index contributed by atoms with van der Waals surface area (Å²) in [7, 11) is 5.99. The first kappa shape index (κ1) is 100. The van der Waals surface area contributed by atoms with Gasteiger partial charge in [0.25, 0.3) is 6.29 Å². The van der Waals surface area contributed by atoms with Gasteiger partial charge in [-0.05, 0) is 122 Å². The molecule has 105 heavy (non-hydrogen) atoms. The molecule has 0 aromatic carbocycles. The number of hydrogen-bond acceptors (Lipinski definition) is 7. The Morgan fingerprint density at radius 1 is 0.295 bits per heavy atom. The number of likely N-dealkylation sites (N-methyl/N-ethyl adjacent to an activating group) is 1. The molecule has 602 valence electrons. The fourth-order valence-corrected chi connectivity index (χ4v) is 12.4. The normalized spacial score (nSPS) is 13.3. The summed E-state index contributed by atoms with van der Waals surface area (Å²) >= 11 is 0. The third-order valence-corrected chi connectivity index (χ3v) is 19.1. The van der Waals surface area contributed by atoms with Crippen LogP contribution in [0.25, 0.3) is 0 Å². The van der Waals surface area contributed by atoms with Crippen LogP contribution in [0.1, 0.15) is 386 Å². The minimum absolute atomic E-state index is 0.183. The van der Waals surface area contributed by atoms with Crippen molar-refractivity contribution in [2.75, 3.05) is 47.5 Å². The second kappa shape index (κ2) is 84.8. The lowest BCUT2D eigenvalue weighted by Gasteiger charge is -2.25. The maximum absolute atomic E-state index is 13.0. The van der Waals surface area contributed by atoms with Crippen LogP contribution in [0.15, 0.2) is 146 Å². The molecule has 0 aromatic rings. The van der Waals surface area contributed by atoms with E-state index in [-0.39, 0.29) is 32.2 Å². The summed E-state index contributed by atoms with van der Waals surface area (Å²) in [5.41, 5.74) is 0. The monoisotopic (exact) mass is 1460 g/mol. The molecule has 0 amide bonds. The molecule has 0 saturated heterocycles. The molecule has 2 unspecified atom stereocenters. The van der Waals surface area contributed by atoms with Gasteiger partial charge in [0.1, 0.15) is 13.2 Å². The van der Waals surface area contributed by atoms with Crippen molar-refractivity contribution in [2.24, 2.45) is 0 Å². The van der Waals surface area contributed by atoms with Gasteiger partial charge in [-0.1, -0.05) is 397 Å². The summed E-state index contributed by atoms with van der Waals surface area (Å²) in [6, 6.07) is 0. The number of carboxylic acid groups (broad SMARTS) is 1. The van der Waals surface area contributed by atoms with Crippen molar-refractivity contribution < 1.29 is 42.9 Å². The number of carboxylic acids is 1. The first-order valence-electron chi connectivity index (χ1n) is 44.0. The Bertz CT molecular complexity index is 2250. The molecule has 0 fully saturated rings. The number of carbonyl (C=O) groups is 3. The number of hydrogen-bond donors (Lipinski definition) is 1. The van der Waals surface area contributed by atoms with Gasteiger partial charge in [0.15, 0.2) is 6.10 Å². The number of aliphatic carboxylic acids is 1. The van der Waals surface area contributed by atoms with E-state index in [0.717, 1.165) is 116 Å². The van der Waals surface area contributed by atoms with Crippen molar-refractivity contribution in [3.8, 4) is 0 Å². The lowest BCUT2D eigenvalue weighted by atomic mass is 10.0. The number of ether oxygens (including phenoxy) is 4. The molecule has 0 rings (SSSR count). The molecule has 0 aliphatic heterocycles.